The molecule has 0 radical (unpaired) electrons. The molecule has 0 unspecified atom stereocenters. The van der Waals surface area contributed by atoms with Crippen molar-refractivity contribution in [2.75, 3.05) is 19.0 Å². The van der Waals surface area contributed by atoms with E-state index in [0.717, 1.165) is 10.9 Å². The Balaban J connectivity index is 1.65. The van der Waals surface area contributed by atoms with Crippen molar-refractivity contribution in [3.63, 3.8) is 0 Å². The summed E-state index contributed by atoms with van der Waals surface area (Å²) in [7, 11) is 1.46. The van der Waals surface area contributed by atoms with Gasteiger partial charge in [-0.25, -0.2) is 4.98 Å². The molecule has 1 N–H and O–H groups in total. The Morgan fingerprint density at radius 3 is 2.58 bits per heavy atom. The van der Waals surface area contributed by atoms with Crippen LogP contribution < -0.4 is 20.3 Å². The maximum atomic E-state index is 13.4. The number of amides is 1. The zero-order valence-corrected chi connectivity index (χ0v) is 26.4. The maximum absolute atomic E-state index is 13.4. The largest absolute Gasteiger partial charge is 0.493 e. The molecule has 1 atom stereocenters. The molecule has 1 amide bonds. The third-order valence-corrected chi connectivity index (χ3v) is 8.24. The van der Waals surface area contributed by atoms with E-state index in [0.29, 0.717) is 37.5 Å². The predicted octanol–water partition coefficient (Wildman–Crippen LogP) is 7.65. The minimum absolute atomic E-state index is 0.0192. The highest BCUT2D eigenvalue weighted by atomic mass is 79.9. The molecule has 8 nitrogen and oxygen atoms in total. The summed E-state index contributed by atoms with van der Waals surface area (Å²) < 4.78 is 13.7. The zero-order chi connectivity index (χ0) is 29.0. The minimum Gasteiger partial charge on any atom is -0.493 e. The number of fused-ring (bicyclic) bond motifs is 1. The third-order valence-electron chi connectivity index (χ3n) is 6.05. The molecule has 40 heavy (non-hydrogen) atoms. The lowest BCUT2D eigenvalue weighted by Gasteiger charge is -2.16. The van der Waals surface area contributed by atoms with E-state index in [2.05, 4.69) is 42.3 Å². The van der Waals surface area contributed by atoms with Crippen LogP contribution in [0, 0.1) is 0 Å². The van der Waals surface area contributed by atoms with Crippen molar-refractivity contribution in [3.05, 3.63) is 89.3 Å². The first kappa shape index (κ1) is 30.0. The van der Waals surface area contributed by atoms with Crippen molar-refractivity contribution >= 4 is 83.8 Å². The van der Waals surface area contributed by atoms with E-state index in [1.807, 2.05) is 19.9 Å². The van der Waals surface area contributed by atoms with Gasteiger partial charge in [-0.2, -0.15) is 9.78 Å². The Hall–Kier alpha value is -2.92. The number of nitrogens with zero attached hydrogens (tertiary/aromatic N) is 3. The summed E-state index contributed by atoms with van der Waals surface area (Å²) in [5.41, 5.74) is 1.41. The molecule has 0 bridgehead atoms. The second-order valence-electron chi connectivity index (χ2n) is 8.77. The molecular weight excluding hydrogens is 687 g/mol. The van der Waals surface area contributed by atoms with Gasteiger partial charge >= 0.3 is 0 Å². The lowest BCUT2D eigenvalue weighted by molar-refractivity contribution is -0.118. The van der Waals surface area contributed by atoms with Gasteiger partial charge in [-0.05, 0) is 70.9 Å². The standard InChI is InChI=1S/C28H24Br2Cl2N4O4/c1-4-15(2)27-35-21-10-5-17(29)12-20(21)28(38)36(27)33-13-16-11-22(39-3)26(25(32)24(16)30)40-14-23(37)34-19-8-6-18(31)7-9-19/h5-13,15H,4,14H2,1-3H3,(H,34,37)/t15-/m1/s1. The molecule has 0 saturated heterocycles. The second-order valence-corrected chi connectivity index (χ2v) is 11.3. The molecule has 1 aromatic heterocycles. The number of nitrogens with one attached hydrogen (secondary N) is 1. The first-order valence-corrected chi connectivity index (χ1v) is 14.5. The molecule has 3 aromatic carbocycles. The van der Waals surface area contributed by atoms with Crippen LogP contribution in [0.4, 0.5) is 5.69 Å². The summed E-state index contributed by atoms with van der Waals surface area (Å²) in [5.74, 6) is 0.585. The van der Waals surface area contributed by atoms with E-state index in [1.54, 1.807) is 42.5 Å². The molecule has 208 valence electrons. The summed E-state index contributed by atoms with van der Waals surface area (Å²) in [6, 6.07) is 13.7. The summed E-state index contributed by atoms with van der Waals surface area (Å²) in [6.07, 6.45) is 2.26. The van der Waals surface area contributed by atoms with Crippen molar-refractivity contribution in [2.45, 2.75) is 26.2 Å². The average molecular weight is 711 g/mol. The van der Waals surface area contributed by atoms with Crippen molar-refractivity contribution in [2.24, 2.45) is 5.10 Å². The second kappa shape index (κ2) is 13.2. The highest BCUT2D eigenvalue weighted by Crippen LogP contribution is 2.42. The van der Waals surface area contributed by atoms with Gasteiger partial charge < -0.3 is 14.8 Å². The summed E-state index contributed by atoms with van der Waals surface area (Å²) in [4.78, 5) is 30.6. The number of aromatic nitrogens is 2. The molecule has 0 aliphatic rings. The maximum Gasteiger partial charge on any atom is 0.282 e. The molecule has 1 heterocycles. The summed E-state index contributed by atoms with van der Waals surface area (Å²) in [6.45, 7) is 3.69. The lowest BCUT2D eigenvalue weighted by atomic mass is 10.1. The molecule has 0 saturated carbocycles. The fourth-order valence-electron chi connectivity index (χ4n) is 3.75. The number of anilines is 1. The van der Waals surface area contributed by atoms with E-state index >= 15 is 0 Å². The highest BCUT2D eigenvalue weighted by molar-refractivity contribution is 9.10. The number of methoxy groups -OCH3 is 1. The van der Waals surface area contributed by atoms with Crippen LogP contribution in [0.1, 0.15) is 37.6 Å². The Morgan fingerprint density at radius 2 is 1.90 bits per heavy atom. The van der Waals surface area contributed by atoms with Crippen LogP contribution in [-0.2, 0) is 4.79 Å². The third kappa shape index (κ3) is 6.68. The summed E-state index contributed by atoms with van der Waals surface area (Å²) >= 11 is 19.4. The van der Waals surface area contributed by atoms with Gasteiger partial charge in [0.2, 0.25) is 0 Å². The predicted molar refractivity (Wildman–Crippen MR) is 167 cm³/mol. The number of benzene rings is 3. The number of hydrogen-bond donors (Lipinski definition) is 1. The van der Waals surface area contributed by atoms with Gasteiger partial charge in [-0.1, -0.05) is 53.0 Å². The van der Waals surface area contributed by atoms with Gasteiger partial charge in [0.15, 0.2) is 18.1 Å². The van der Waals surface area contributed by atoms with Crippen LogP contribution in [0.3, 0.4) is 0 Å². The van der Waals surface area contributed by atoms with Crippen molar-refractivity contribution in [3.8, 4) is 11.5 Å². The van der Waals surface area contributed by atoms with E-state index < -0.39 is 5.91 Å². The van der Waals surface area contributed by atoms with Gasteiger partial charge in [0, 0.05) is 31.1 Å². The van der Waals surface area contributed by atoms with Crippen LogP contribution in [0.5, 0.6) is 11.5 Å². The number of hydrogen-bond acceptors (Lipinski definition) is 6. The molecule has 0 fully saturated rings. The minimum atomic E-state index is -0.394. The normalized spacial score (nSPS) is 12.1. The van der Waals surface area contributed by atoms with Crippen molar-refractivity contribution in [1.82, 2.24) is 9.66 Å². The Morgan fingerprint density at radius 1 is 1.18 bits per heavy atom. The van der Waals surface area contributed by atoms with Crippen LogP contribution in [0.2, 0.25) is 10.0 Å². The molecule has 12 heteroatoms. The Bertz CT molecular complexity index is 1660. The molecule has 4 rings (SSSR count). The summed E-state index contributed by atoms with van der Waals surface area (Å²) in [5, 5.41) is 8.40. The van der Waals surface area contributed by atoms with E-state index in [4.69, 9.17) is 37.7 Å². The van der Waals surface area contributed by atoms with Crippen molar-refractivity contribution < 1.29 is 14.3 Å². The van der Waals surface area contributed by atoms with Crippen LogP contribution in [0.15, 0.2) is 67.4 Å². The number of rotatable bonds is 9. The van der Waals surface area contributed by atoms with Gasteiger partial charge in [0.1, 0.15) is 10.8 Å². The average Bonchev–Trinajstić information content (AvgIpc) is 2.94. The molecule has 0 aliphatic carbocycles. The molecular formula is C28H24Br2Cl2N4O4. The number of carbonyl (C=O) groups is 1. The van der Waals surface area contributed by atoms with Gasteiger partial charge in [-0.15, -0.1) is 0 Å². The number of ether oxygens (including phenoxy) is 2. The fraction of sp³-hybridized carbons (Fsp3) is 0.214. The zero-order valence-electron chi connectivity index (χ0n) is 21.7. The van der Waals surface area contributed by atoms with Crippen molar-refractivity contribution in [1.29, 1.82) is 0 Å². The smallest absolute Gasteiger partial charge is 0.282 e. The number of carbonyl (C=O) groups excluding carboxylic acids is 1. The SMILES string of the molecule is CC[C@@H](C)c1nc2ccc(Br)cc2c(=O)n1N=Cc1cc(OC)c(OCC(=O)Nc2ccc(Cl)cc2)c(Cl)c1Br. The van der Waals surface area contributed by atoms with Crippen LogP contribution in [-0.4, -0.2) is 35.5 Å². The van der Waals surface area contributed by atoms with Crippen LogP contribution in [0.25, 0.3) is 10.9 Å². The molecule has 0 spiro atoms. The number of halogens is 4. The van der Waals surface area contributed by atoms with Crippen LogP contribution >= 0.6 is 55.1 Å². The Kier molecular flexibility index (Phi) is 9.89. The highest BCUT2D eigenvalue weighted by Gasteiger charge is 2.19. The van der Waals surface area contributed by atoms with Gasteiger partial charge in [0.05, 0.1) is 24.2 Å². The quantitative estimate of drug-likeness (QED) is 0.180. The molecule has 4 aromatic rings. The first-order chi connectivity index (χ1) is 19.1. The molecule has 0 aliphatic heterocycles. The Labute approximate surface area is 257 Å². The van der Waals surface area contributed by atoms with Gasteiger partial charge in [-0.3, -0.25) is 9.59 Å². The van der Waals surface area contributed by atoms with E-state index in [1.165, 1.54) is 18.0 Å². The lowest BCUT2D eigenvalue weighted by Crippen LogP contribution is -2.23. The van der Waals surface area contributed by atoms with E-state index in [9.17, 15) is 9.59 Å². The van der Waals surface area contributed by atoms with E-state index in [-0.39, 0.29) is 34.6 Å². The topological polar surface area (TPSA) is 94.8 Å². The first-order valence-electron chi connectivity index (χ1n) is 12.1. The van der Waals surface area contributed by atoms with Gasteiger partial charge in [0.25, 0.3) is 11.5 Å². The monoisotopic (exact) mass is 708 g/mol. The fourth-order valence-corrected chi connectivity index (χ4v) is 4.89.